The number of hydrogen-bond acceptors (Lipinski definition) is 2. The van der Waals surface area contributed by atoms with Gasteiger partial charge in [0.15, 0.2) is 0 Å². The Balaban J connectivity index is 1.46. The third-order valence-electron chi connectivity index (χ3n) is 9.77. The van der Waals surface area contributed by atoms with Crippen LogP contribution in [0.15, 0.2) is 133 Å². The summed E-state index contributed by atoms with van der Waals surface area (Å²) in [5.41, 5.74) is 8.13. The first kappa shape index (κ1) is 29.2. The molecule has 2 aliphatic heterocycles. The van der Waals surface area contributed by atoms with Gasteiger partial charge in [0.05, 0.1) is 22.6 Å². The summed E-state index contributed by atoms with van der Waals surface area (Å²) in [7, 11) is 0. The predicted molar refractivity (Wildman–Crippen MR) is 186 cm³/mol. The van der Waals surface area contributed by atoms with E-state index in [9.17, 15) is 0 Å². The van der Waals surface area contributed by atoms with Gasteiger partial charge >= 0.3 is 6.18 Å². The molecule has 0 aliphatic carbocycles. The zero-order valence-corrected chi connectivity index (χ0v) is 26.3. The molecule has 6 aromatic carbocycles. The number of benzene rings is 6. The van der Waals surface area contributed by atoms with Crippen molar-refractivity contribution in [1.82, 2.24) is 0 Å². The topological polar surface area (TPSA) is 12.5 Å². The molecule has 6 aromatic rings. The van der Waals surface area contributed by atoms with Gasteiger partial charge in [-0.1, -0.05) is 123 Å². The van der Waals surface area contributed by atoms with Crippen molar-refractivity contribution in [2.45, 2.75) is 32.4 Å². The molecule has 0 N–H and O–H groups in total. The molecule has 0 saturated carbocycles. The van der Waals surface area contributed by atoms with Gasteiger partial charge in [0.2, 0.25) is 0 Å². The minimum atomic E-state index is -4.59. The van der Waals surface area contributed by atoms with Crippen LogP contribution in [0.25, 0.3) is 11.1 Å². The van der Waals surface area contributed by atoms with Crippen molar-refractivity contribution in [2.24, 2.45) is 0 Å². The Labute approximate surface area is 273 Å². The number of nitrogens with zero attached hydrogens (tertiary/aromatic N) is 1. The fourth-order valence-corrected chi connectivity index (χ4v) is 7.66. The lowest BCUT2D eigenvalue weighted by molar-refractivity contribution is -0.136. The molecule has 2 heterocycles. The van der Waals surface area contributed by atoms with Crippen molar-refractivity contribution in [3.05, 3.63) is 156 Å². The molecule has 0 radical (unpaired) electrons. The zero-order valence-electron chi connectivity index (χ0n) is 26.3. The summed E-state index contributed by atoms with van der Waals surface area (Å²) in [4.78, 5) is 2.25. The van der Waals surface area contributed by atoms with Gasteiger partial charge < -0.3 is 9.64 Å². The average molecular weight is 622 g/mol. The molecule has 2 aliphatic rings. The lowest BCUT2D eigenvalue weighted by Gasteiger charge is -2.43. The standard InChI is InChI=1S/C41H31BF3NO/c1-26-14-12-16-28(39(26)46-34-22-8-4-17-29(34)40(2,3)30-18-5-9-23-35(30)46)27-15-13-19-31(41(43,44)45)38(27)42-32-20-6-10-24-36(32)47-37-25-11-7-21-33(37)42/h4-25H,1-3H3. The van der Waals surface area contributed by atoms with Gasteiger partial charge in [0.1, 0.15) is 11.5 Å². The number of hydrogen-bond donors (Lipinski definition) is 0. The van der Waals surface area contributed by atoms with E-state index in [4.69, 9.17) is 4.74 Å². The second kappa shape index (κ2) is 10.7. The number of fused-ring (bicyclic) bond motifs is 4. The lowest BCUT2D eigenvalue weighted by atomic mass is 9.34. The Morgan fingerprint density at radius 1 is 0.596 bits per heavy atom. The normalized spacial score (nSPS) is 14.4. The molecule has 230 valence electrons. The molecule has 0 atom stereocenters. The van der Waals surface area contributed by atoms with Gasteiger partial charge in [0, 0.05) is 11.0 Å². The lowest BCUT2D eigenvalue weighted by Crippen LogP contribution is -2.57. The Morgan fingerprint density at radius 3 is 1.70 bits per heavy atom. The molecule has 0 fully saturated rings. The summed E-state index contributed by atoms with van der Waals surface area (Å²) in [6.45, 7) is 5.78. The molecule has 2 nitrogen and oxygen atoms in total. The van der Waals surface area contributed by atoms with E-state index < -0.39 is 18.5 Å². The number of ether oxygens (including phenoxy) is 1. The van der Waals surface area contributed by atoms with E-state index in [0.717, 1.165) is 39.3 Å². The van der Waals surface area contributed by atoms with Crippen molar-refractivity contribution < 1.29 is 17.9 Å². The summed E-state index contributed by atoms with van der Waals surface area (Å²) in [6, 6.07) is 42.1. The molecule has 6 heteroatoms. The maximum absolute atomic E-state index is 15.2. The van der Waals surface area contributed by atoms with Crippen LogP contribution < -0.4 is 26.0 Å². The monoisotopic (exact) mass is 621 g/mol. The molecule has 0 unspecified atom stereocenters. The SMILES string of the molecule is Cc1cccc(-c2cccc(C(F)(F)F)c2B2c3ccccc3Oc3ccccc32)c1N1c2ccccc2C(C)(C)c2ccccc21. The minimum Gasteiger partial charge on any atom is -0.458 e. The third kappa shape index (κ3) is 4.50. The van der Waals surface area contributed by atoms with Gasteiger partial charge in [0.25, 0.3) is 6.71 Å². The fraction of sp³-hybridized carbons (Fsp3) is 0.122. The Morgan fingerprint density at radius 2 is 1.11 bits per heavy atom. The van der Waals surface area contributed by atoms with Crippen LogP contribution in [0.3, 0.4) is 0 Å². The number of halogens is 3. The van der Waals surface area contributed by atoms with Crippen LogP contribution >= 0.6 is 0 Å². The molecular weight excluding hydrogens is 590 g/mol. The van der Waals surface area contributed by atoms with Gasteiger partial charge in [-0.05, 0) is 69.8 Å². The largest absolute Gasteiger partial charge is 0.458 e. The second-order valence-electron chi connectivity index (χ2n) is 12.8. The Kier molecular flexibility index (Phi) is 6.62. The van der Waals surface area contributed by atoms with Gasteiger partial charge in [-0.15, -0.1) is 0 Å². The molecule has 0 spiro atoms. The van der Waals surface area contributed by atoms with Crippen LogP contribution in [0.5, 0.6) is 11.5 Å². The molecule has 0 amide bonds. The molecule has 8 rings (SSSR count). The second-order valence-corrected chi connectivity index (χ2v) is 12.8. The average Bonchev–Trinajstić information content (AvgIpc) is 3.07. The zero-order chi connectivity index (χ0) is 32.5. The van der Waals surface area contributed by atoms with Crippen molar-refractivity contribution in [1.29, 1.82) is 0 Å². The van der Waals surface area contributed by atoms with E-state index in [1.807, 2.05) is 91.9 Å². The number of anilines is 3. The highest BCUT2D eigenvalue weighted by atomic mass is 19.4. The smallest absolute Gasteiger partial charge is 0.415 e. The van der Waals surface area contributed by atoms with Crippen LogP contribution in [0.1, 0.15) is 36.1 Å². The van der Waals surface area contributed by atoms with E-state index in [1.54, 1.807) is 0 Å². The van der Waals surface area contributed by atoms with Crippen LogP contribution in [0, 0.1) is 6.92 Å². The highest BCUT2D eigenvalue weighted by Gasteiger charge is 2.43. The first-order valence-corrected chi connectivity index (χ1v) is 15.8. The van der Waals surface area contributed by atoms with Crippen molar-refractivity contribution in [3.8, 4) is 22.6 Å². The molecule has 0 saturated heterocycles. The fourth-order valence-electron chi connectivity index (χ4n) is 7.66. The van der Waals surface area contributed by atoms with Crippen LogP contribution in [0.2, 0.25) is 0 Å². The van der Waals surface area contributed by atoms with Gasteiger partial charge in [-0.3, -0.25) is 0 Å². The summed E-state index contributed by atoms with van der Waals surface area (Å²) < 4.78 is 51.9. The maximum Gasteiger partial charge on any atom is 0.415 e. The van der Waals surface area contributed by atoms with E-state index in [2.05, 4.69) is 55.1 Å². The number of para-hydroxylation sites is 5. The molecular formula is C41H31BF3NO. The maximum atomic E-state index is 15.2. The van der Waals surface area contributed by atoms with Crippen molar-refractivity contribution in [2.75, 3.05) is 4.90 Å². The first-order chi connectivity index (χ1) is 22.7. The Hall–Kier alpha value is -5.23. The van der Waals surface area contributed by atoms with E-state index >= 15 is 13.2 Å². The quantitative estimate of drug-likeness (QED) is 0.182. The summed E-state index contributed by atoms with van der Waals surface area (Å²) in [5, 5.41) is 0. The van der Waals surface area contributed by atoms with Gasteiger partial charge in [-0.2, -0.15) is 13.2 Å². The Bertz CT molecular complexity index is 2090. The van der Waals surface area contributed by atoms with Crippen LogP contribution in [0.4, 0.5) is 30.2 Å². The van der Waals surface area contributed by atoms with Crippen LogP contribution in [-0.4, -0.2) is 6.71 Å². The highest BCUT2D eigenvalue weighted by Crippen LogP contribution is 2.54. The highest BCUT2D eigenvalue weighted by molar-refractivity contribution is 6.98. The summed E-state index contributed by atoms with van der Waals surface area (Å²) in [5.74, 6) is 1.12. The number of alkyl halides is 3. The van der Waals surface area contributed by atoms with E-state index in [1.165, 1.54) is 12.1 Å². The van der Waals surface area contributed by atoms with E-state index in [-0.39, 0.29) is 10.9 Å². The molecule has 47 heavy (non-hydrogen) atoms. The molecule has 0 aromatic heterocycles. The third-order valence-corrected chi connectivity index (χ3v) is 9.77. The number of rotatable bonds is 3. The first-order valence-electron chi connectivity index (χ1n) is 15.8. The minimum absolute atomic E-state index is 0.217. The molecule has 0 bridgehead atoms. The van der Waals surface area contributed by atoms with Gasteiger partial charge in [-0.25, -0.2) is 0 Å². The number of aryl methyl sites for hydroxylation is 1. The summed E-state index contributed by atoms with van der Waals surface area (Å²) in [6.07, 6.45) is -4.59. The van der Waals surface area contributed by atoms with Crippen molar-refractivity contribution in [3.63, 3.8) is 0 Å². The van der Waals surface area contributed by atoms with Crippen LogP contribution in [-0.2, 0) is 11.6 Å². The summed E-state index contributed by atoms with van der Waals surface area (Å²) >= 11 is 0. The predicted octanol–water partition coefficient (Wildman–Crippen LogP) is 9.41. The van der Waals surface area contributed by atoms with Crippen molar-refractivity contribution >= 4 is 40.2 Å². The van der Waals surface area contributed by atoms with E-state index in [0.29, 0.717) is 28.0 Å².